The van der Waals surface area contributed by atoms with E-state index >= 15 is 0 Å². The zero-order valence-corrected chi connectivity index (χ0v) is 9.95. The van der Waals surface area contributed by atoms with Gasteiger partial charge in [0.1, 0.15) is 0 Å². The van der Waals surface area contributed by atoms with Gasteiger partial charge < -0.3 is 9.47 Å². The van der Waals surface area contributed by atoms with Gasteiger partial charge in [-0.15, -0.1) is 24.8 Å². The summed E-state index contributed by atoms with van der Waals surface area (Å²) in [5, 5.41) is 0. The van der Waals surface area contributed by atoms with Crippen LogP contribution < -0.4 is 9.47 Å². The molecule has 1 aromatic heterocycles. The third-order valence-corrected chi connectivity index (χ3v) is 2.18. The summed E-state index contributed by atoms with van der Waals surface area (Å²) in [5.41, 5.74) is -1.96. The highest BCUT2D eigenvalue weighted by atomic mass is 35.5. The van der Waals surface area contributed by atoms with E-state index < -0.39 is 41.3 Å². The SMILES string of the molecule is COc1nc(OC(F)(F)F)cc(C(F)(F)F)c1CCl. The summed E-state index contributed by atoms with van der Waals surface area (Å²) in [5.74, 6) is -2.58. The van der Waals surface area contributed by atoms with E-state index in [-0.39, 0.29) is 6.07 Å². The van der Waals surface area contributed by atoms with Crippen molar-refractivity contribution in [3.63, 3.8) is 0 Å². The molecule has 0 amide bonds. The second kappa shape index (κ2) is 5.32. The Morgan fingerprint density at radius 3 is 2.16 bits per heavy atom. The maximum Gasteiger partial charge on any atom is 0.574 e. The molecule has 0 aliphatic carbocycles. The second-order valence-electron chi connectivity index (χ2n) is 3.18. The first-order chi connectivity index (χ1) is 8.58. The van der Waals surface area contributed by atoms with E-state index in [0.29, 0.717) is 0 Å². The fourth-order valence-electron chi connectivity index (χ4n) is 1.25. The lowest BCUT2D eigenvalue weighted by Gasteiger charge is -2.16. The molecule has 0 aliphatic heterocycles. The third-order valence-electron chi connectivity index (χ3n) is 1.92. The van der Waals surface area contributed by atoms with Gasteiger partial charge in [0.05, 0.1) is 18.6 Å². The van der Waals surface area contributed by atoms with Crippen LogP contribution in [-0.4, -0.2) is 18.5 Å². The standard InChI is InChI=1S/C9H6ClF6NO2/c1-18-7-4(3-10)5(8(11,12)13)2-6(17-7)19-9(14,15)16/h2H,3H2,1H3. The van der Waals surface area contributed by atoms with Crippen molar-refractivity contribution in [1.29, 1.82) is 0 Å². The minimum absolute atomic E-state index is 0.119. The number of methoxy groups -OCH3 is 1. The van der Waals surface area contributed by atoms with Gasteiger partial charge in [-0.05, 0) is 0 Å². The zero-order valence-electron chi connectivity index (χ0n) is 9.19. The van der Waals surface area contributed by atoms with Crippen LogP contribution in [0.3, 0.4) is 0 Å². The number of rotatable bonds is 3. The summed E-state index contributed by atoms with van der Waals surface area (Å²) < 4.78 is 81.8. The van der Waals surface area contributed by atoms with E-state index in [1.54, 1.807) is 0 Å². The number of ether oxygens (including phenoxy) is 2. The molecular formula is C9H6ClF6NO2. The van der Waals surface area contributed by atoms with Crippen LogP contribution in [0.5, 0.6) is 11.8 Å². The summed E-state index contributed by atoms with van der Waals surface area (Å²) in [6.45, 7) is 0. The van der Waals surface area contributed by atoms with E-state index in [1.807, 2.05) is 0 Å². The molecule has 10 heteroatoms. The van der Waals surface area contributed by atoms with Crippen molar-refractivity contribution in [2.24, 2.45) is 0 Å². The predicted molar refractivity (Wildman–Crippen MR) is 52.0 cm³/mol. The second-order valence-corrected chi connectivity index (χ2v) is 3.44. The van der Waals surface area contributed by atoms with Crippen LogP contribution in [-0.2, 0) is 12.1 Å². The lowest BCUT2D eigenvalue weighted by Crippen LogP contribution is -2.19. The number of alkyl halides is 7. The highest BCUT2D eigenvalue weighted by molar-refractivity contribution is 6.17. The van der Waals surface area contributed by atoms with E-state index in [2.05, 4.69) is 14.5 Å². The van der Waals surface area contributed by atoms with Crippen molar-refractivity contribution in [1.82, 2.24) is 4.98 Å². The summed E-state index contributed by atoms with van der Waals surface area (Å²) in [4.78, 5) is 3.17. The number of halogens is 7. The van der Waals surface area contributed by atoms with Crippen LogP contribution in [0.2, 0.25) is 0 Å². The number of nitrogens with zero attached hydrogens (tertiary/aromatic N) is 1. The zero-order chi connectivity index (χ0) is 14.8. The molecular weight excluding hydrogens is 304 g/mol. The minimum Gasteiger partial charge on any atom is -0.481 e. The van der Waals surface area contributed by atoms with Crippen molar-refractivity contribution >= 4 is 11.6 Å². The van der Waals surface area contributed by atoms with Crippen LogP contribution in [0.4, 0.5) is 26.3 Å². The number of pyridine rings is 1. The summed E-state index contributed by atoms with van der Waals surface area (Å²) >= 11 is 5.32. The van der Waals surface area contributed by atoms with Gasteiger partial charge in [0.15, 0.2) is 0 Å². The predicted octanol–water partition coefficient (Wildman–Crippen LogP) is 3.75. The number of aromatic nitrogens is 1. The topological polar surface area (TPSA) is 31.4 Å². The van der Waals surface area contributed by atoms with Crippen LogP contribution in [0, 0.1) is 0 Å². The van der Waals surface area contributed by atoms with Gasteiger partial charge >= 0.3 is 12.5 Å². The fourth-order valence-corrected chi connectivity index (χ4v) is 1.51. The van der Waals surface area contributed by atoms with E-state index in [1.165, 1.54) is 0 Å². The van der Waals surface area contributed by atoms with E-state index in [4.69, 9.17) is 11.6 Å². The average Bonchev–Trinajstić information content (AvgIpc) is 2.24. The van der Waals surface area contributed by atoms with Gasteiger partial charge in [-0.25, -0.2) is 0 Å². The normalized spacial score (nSPS) is 12.4. The van der Waals surface area contributed by atoms with Gasteiger partial charge in [-0.1, -0.05) is 0 Å². The smallest absolute Gasteiger partial charge is 0.481 e. The lowest BCUT2D eigenvalue weighted by atomic mass is 10.1. The van der Waals surface area contributed by atoms with Crippen molar-refractivity contribution < 1.29 is 35.8 Å². The van der Waals surface area contributed by atoms with Gasteiger partial charge in [-0.2, -0.15) is 18.2 Å². The Morgan fingerprint density at radius 1 is 1.21 bits per heavy atom. The number of hydrogen-bond donors (Lipinski definition) is 0. The molecule has 0 saturated heterocycles. The van der Waals surface area contributed by atoms with Crippen LogP contribution in [0.25, 0.3) is 0 Å². The summed E-state index contributed by atoms with van der Waals surface area (Å²) in [6, 6.07) is 0.119. The molecule has 0 aliphatic rings. The molecule has 19 heavy (non-hydrogen) atoms. The first kappa shape index (κ1) is 15.7. The fraction of sp³-hybridized carbons (Fsp3) is 0.444. The molecule has 1 heterocycles. The molecule has 1 rings (SSSR count). The van der Waals surface area contributed by atoms with Crippen LogP contribution in [0.1, 0.15) is 11.1 Å². The number of hydrogen-bond acceptors (Lipinski definition) is 3. The quantitative estimate of drug-likeness (QED) is 0.629. The molecule has 0 bridgehead atoms. The Bertz CT molecular complexity index is 459. The van der Waals surface area contributed by atoms with E-state index in [0.717, 1.165) is 7.11 Å². The monoisotopic (exact) mass is 309 g/mol. The van der Waals surface area contributed by atoms with Crippen molar-refractivity contribution in [2.75, 3.05) is 7.11 Å². The maximum atomic E-state index is 12.7. The lowest BCUT2D eigenvalue weighted by molar-refractivity contribution is -0.276. The molecule has 108 valence electrons. The molecule has 0 fully saturated rings. The Labute approximate surface area is 108 Å². The van der Waals surface area contributed by atoms with Gasteiger partial charge in [-0.3, -0.25) is 0 Å². The first-order valence-electron chi connectivity index (χ1n) is 4.55. The van der Waals surface area contributed by atoms with Gasteiger partial charge in [0.2, 0.25) is 11.8 Å². The Morgan fingerprint density at radius 2 is 1.79 bits per heavy atom. The van der Waals surface area contributed by atoms with Crippen molar-refractivity contribution in [3.8, 4) is 11.8 Å². The summed E-state index contributed by atoms with van der Waals surface area (Å²) in [7, 11) is 0.954. The highest BCUT2D eigenvalue weighted by Crippen LogP contribution is 2.39. The first-order valence-corrected chi connectivity index (χ1v) is 5.08. The Kier molecular flexibility index (Phi) is 4.39. The maximum absolute atomic E-state index is 12.7. The largest absolute Gasteiger partial charge is 0.574 e. The molecule has 0 saturated carbocycles. The Hall–Kier alpha value is -1.38. The van der Waals surface area contributed by atoms with Crippen molar-refractivity contribution in [2.45, 2.75) is 18.4 Å². The van der Waals surface area contributed by atoms with Crippen molar-refractivity contribution in [3.05, 3.63) is 17.2 Å². The Balaban J connectivity index is 3.39. The minimum atomic E-state index is -5.16. The molecule has 0 spiro atoms. The third kappa shape index (κ3) is 4.05. The average molecular weight is 310 g/mol. The van der Waals surface area contributed by atoms with Gasteiger partial charge in [0.25, 0.3) is 0 Å². The molecule has 1 aromatic rings. The molecule has 0 unspecified atom stereocenters. The highest BCUT2D eigenvalue weighted by Gasteiger charge is 2.38. The van der Waals surface area contributed by atoms with Gasteiger partial charge in [0, 0.05) is 11.6 Å². The molecule has 0 aromatic carbocycles. The molecule has 0 radical (unpaired) electrons. The van der Waals surface area contributed by atoms with Crippen LogP contribution in [0.15, 0.2) is 6.07 Å². The van der Waals surface area contributed by atoms with E-state index in [9.17, 15) is 26.3 Å². The molecule has 0 N–H and O–H groups in total. The van der Waals surface area contributed by atoms with Crippen LogP contribution >= 0.6 is 11.6 Å². The molecule has 0 atom stereocenters. The molecule has 3 nitrogen and oxygen atoms in total. The summed E-state index contributed by atoms with van der Waals surface area (Å²) in [6.07, 6.45) is -10.1.